The highest BCUT2D eigenvalue weighted by molar-refractivity contribution is 5.78. The molecule has 0 aromatic heterocycles. The number of nitrogens with zero attached hydrogens (tertiary/aromatic N) is 1. The molecule has 3 N–H and O–H groups in total. The first-order valence-corrected chi connectivity index (χ1v) is 5.16. The normalized spacial score (nSPS) is 14.9. The quantitative estimate of drug-likeness (QED) is 0.646. The zero-order chi connectivity index (χ0) is 11.1. The van der Waals surface area contributed by atoms with E-state index in [1.54, 1.807) is 18.9 Å². The van der Waals surface area contributed by atoms with Crippen molar-refractivity contribution in [3.8, 4) is 0 Å². The fourth-order valence-corrected chi connectivity index (χ4v) is 1.24. The van der Waals surface area contributed by atoms with E-state index in [1.807, 2.05) is 6.92 Å². The lowest BCUT2D eigenvalue weighted by molar-refractivity contribution is -0.134. The van der Waals surface area contributed by atoms with Gasteiger partial charge in [-0.15, -0.1) is 0 Å². The van der Waals surface area contributed by atoms with Crippen molar-refractivity contribution in [1.82, 2.24) is 4.90 Å². The third-order valence-electron chi connectivity index (χ3n) is 2.39. The zero-order valence-electron chi connectivity index (χ0n) is 9.36. The summed E-state index contributed by atoms with van der Waals surface area (Å²) in [6, 6.07) is 0. The fraction of sp³-hybridized carbons (Fsp3) is 0.900. The van der Waals surface area contributed by atoms with Crippen molar-refractivity contribution in [3.63, 3.8) is 0 Å². The lowest BCUT2D eigenvalue weighted by Gasteiger charge is -2.22. The highest BCUT2D eigenvalue weighted by atomic mass is 16.3. The highest BCUT2D eigenvalue weighted by Crippen LogP contribution is 2.05. The minimum atomic E-state index is -0.358. The Morgan fingerprint density at radius 3 is 2.50 bits per heavy atom. The first-order chi connectivity index (χ1) is 6.52. The SMILES string of the molecule is CCC(CN)C(=O)N(C)CCC(C)O. The molecule has 1 amide bonds. The second-order valence-corrected chi connectivity index (χ2v) is 3.74. The lowest BCUT2D eigenvalue weighted by atomic mass is 10.1. The summed E-state index contributed by atoms with van der Waals surface area (Å²) in [5.41, 5.74) is 5.48. The molecule has 0 aromatic carbocycles. The Bertz CT molecular complexity index is 168. The Morgan fingerprint density at radius 2 is 2.14 bits per heavy atom. The molecule has 0 aliphatic rings. The van der Waals surface area contributed by atoms with Crippen LogP contribution >= 0.6 is 0 Å². The Hall–Kier alpha value is -0.610. The van der Waals surface area contributed by atoms with Crippen LogP contribution in [0.25, 0.3) is 0 Å². The third-order valence-corrected chi connectivity index (χ3v) is 2.39. The van der Waals surface area contributed by atoms with Gasteiger partial charge >= 0.3 is 0 Å². The van der Waals surface area contributed by atoms with E-state index < -0.39 is 0 Å². The molecule has 84 valence electrons. The number of aliphatic hydroxyl groups is 1. The van der Waals surface area contributed by atoms with Gasteiger partial charge in [0.2, 0.25) is 5.91 Å². The van der Waals surface area contributed by atoms with Crippen LogP contribution in [-0.2, 0) is 4.79 Å². The van der Waals surface area contributed by atoms with Gasteiger partial charge in [-0.2, -0.15) is 0 Å². The molecule has 4 nitrogen and oxygen atoms in total. The number of nitrogens with two attached hydrogens (primary N) is 1. The van der Waals surface area contributed by atoms with Gasteiger partial charge in [0.25, 0.3) is 0 Å². The van der Waals surface area contributed by atoms with Crippen molar-refractivity contribution < 1.29 is 9.90 Å². The van der Waals surface area contributed by atoms with Crippen LogP contribution < -0.4 is 5.73 Å². The fourth-order valence-electron chi connectivity index (χ4n) is 1.24. The Balaban J connectivity index is 3.97. The molecular weight excluding hydrogens is 180 g/mol. The van der Waals surface area contributed by atoms with Gasteiger partial charge in [-0.3, -0.25) is 4.79 Å². The maximum Gasteiger partial charge on any atom is 0.226 e. The van der Waals surface area contributed by atoms with Crippen LogP contribution in [0, 0.1) is 5.92 Å². The predicted molar refractivity (Wildman–Crippen MR) is 56.8 cm³/mol. The number of hydrogen-bond donors (Lipinski definition) is 2. The predicted octanol–water partition coefficient (Wildman–Crippen LogP) is 0.201. The van der Waals surface area contributed by atoms with Crippen molar-refractivity contribution in [1.29, 1.82) is 0 Å². The minimum absolute atomic E-state index is 0.0750. The number of hydrogen-bond acceptors (Lipinski definition) is 3. The van der Waals surface area contributed by atoms with Gasteiger partial charge < -0.3 is 15.7 Å². The first kappa shape index (κ1) is 13.4. The smallest absolute Gasteiger partial charge is 0.226 e. The van der Waals surface area contributed by atoms with E-state index in [1.165, 1.54) is 0 Å². The topological polar surface area (TPSA) is 66.6 Å². The summed E-state index contributed by atoms with van der Waals surface area (Å²) >= 11 is 0. The molecule has 0 rings (SSSR count). The van der Waals surface area contributed by atoms with Gasteiger partial charge in [-0.25, -0.2) is 0 Å². The van der Waals surface area contributed by atoms with E-state index in [0.29, 0.717) is 19.5 Å². The van der Waals surface area contributed by atoms with E-state index in [0.717, 1.165) is 6.42 Å². The number of carbonyl (C=O) groups is 1. The van der Waals surface area contributed by atoms with Crippen LogP contribution in [0.15, 0.2) is 0 Å². The monoisotopic (exact) mass is 202 g/mol. The standard InChI is InChI=1S/C10H22N2O2/c1-4-9(7-11)10(14)12(3)6-5-8(2)13/h8-9,13H,4-7,11H2,1-3H3. The van der Waals surface area contributed by atoms with Gasteiger partial charge in [-0.1, -0.05) is 6.92 Å². The first-order valence-electron chi connectivity index (χ1n) is 5.16. The average Bonchev–Trinajstić information content (AvgIpc) is 2.15. The van der Waals surface area contributed by atoms with Crippen molar-refractivity contribution in [2.75, 3.05) is 20.1 Å². The van der Waals surface area contributed by atoms with Crippen LogP contribution in [0.2, 0.25) is 0 Å². The summed E-state index contributed by atoms with van der Waals surface area (Å²) in [6.07, 6.45) is 1.03. The van der Waals surface area contributed by atoms with Crippen molar-refractivity contribution in [3.05, 3.63) is 0 Å². The summed E-state index contributed by atoms with van der Waals surface area (Å²) in [5.74, 6) is 0.00430. The molecule has 14 heavy (non-hydrogen) atoms. The summed E-state index contributed by atoms with van der Waals surface area (Å²) in [7, 11) is 1.75. The molecule has 0 spiro atoms. The molecule has 0 saturated carbocycles. The van der Waals surface area contributed by atoms with Crippen molar-refractivity contribution in [2.24, 2.45) is 11.7 Å². The number of aliphatic hydroxyl groups excluding tert-OH is 1. The van der Waals surface area contributed by atoms with E-state index in [4.69, 9.17) is 10.8 Å². The number of amides is 1. The third kappa shape index (κ3) is 4.58. The second-order valence-electron chi connectivity index (χ2n) is 3.74. The van der Waals surface area contributed by atoms with Crippen LogP contribution in [0.1, 0.15) is 26.7 Å². The molecule has 0 aliphatic carbocycles. The van der Waals surface area contributed by atoms with Crippen LogP contribution in [0.3, 0.4) is 0 Å². The van der Waals surface area contributed by atoms with Gasteiger partial charge in [0.05, 0.1) is 12.0 Å². The van der Waals surface area contributed by atoms with Gasteiger partial charge in [0, 0.05) is 20.1 Å². The summed E-state index contributed by atoms with van der Waals surface area (Å²) in [5, 5.41) is 9.07. The maximum atomic E-state index is 11.7. The number of rotatable bonds is 6. The molecule has 2 atom stereocenters. The lowest BCUT2D eigenvalue weighted by Crippen LogP contribution is -2.37. The molecule has 2 unspecified atom stereocenters. The molecule has 4 heteroatoms. The van der Waals surface area contributed by atoms with Crippen molar-refractivity contribution >= 4 is 5.91 Å². The molecule has 0 radical (unpaired) electrons. The largest absolute Gasteiger partial charge is 0.393 e. The van der Waals surface area contributed by atoms with E-state index in [-0.39, 0.29) is 17.9 Å². The molecule has 0 aromatic rings. The minimum Gasteiger partial charge on any atom is -0.393 e. The summed E-state index contributed by atoms with van der Waals surface area (Å²) < 4.78 is 0. The molecule has 0 bridgehead atoms. The van der Waals surface area contributed by atoms with Crippen LogP contribution in [0.5, 0.6) is 0 Å². The number of carbonyl (C=O) groups excluding carboxylic acids is 1. The van der Waals surface area contributed by atoms with Crippen LogP contribution in [0.4, 0.5) is 0 Å². The molecule has 0 aliphatic heterocycles. The van der Waals surface area contributed by atoms with E-state index >= 15 is 0 Å². The molecule has 0 fully saturated rings. The Labute approximate surface area is 86.1 Å². The molecule has 0 saturated heterocycles. The summed E-state index contributed by atoms with van der Waals surface area (Å²) in [6.45, 7) is 4.66. The van der Waals surface area contributed by atoms with Crippen LogP contribution in [-0.4, -0.2) is 42.2 Å². The highest BCUT2D eigenvalue weighted by Gasteiger charge is 2.18. The van der Waals surface area contributed by atoms with Crippen molar-refractivity contribution in [2.45, 2.75) is 32.8 Å². The Morgan fingerprint density at radius 1 is 1.57 bits per heavy atom. The van der Waals surface area contributed by atoms with E-state index in [9.17, 15) is 4.79 Å². The average molecular weight is 202 g/mol. The molecule has 0 heterocycles. The molecular formula is C10H22N2O2. The maximum absolute atomic E-state index is 11.7. The second kappa shape index (κ2) is 6.79. The Kier molecular flexibility index (Phi) is 6.49. The van der Waals surface area contributed by atoms with E-state index in [2.05, 4.69) is 0 Å². The zero-order valence-corrected chi connectivity index (χ0v) is 9.36. The van der Waals surface area contributed by atoms with Gasteiger partial charge in [-0.05, 0) is 19.8 Å². The van der Waals surface area contributed by atoms with Gasteiger partial charge in [0.1, 0.15) is 0 Å². The summed E-state index contributed by atoms with van der Waals surface area (Å²) in [4.78, 5) is 13.3. The van der Waals surface area contributed by atoms with Gasteiger partial charge in [0.15, 0.2) is 0 Å².